The van der Waals surface area contributed by atoms with Crippen molar-refractivity contribution >= 4 is 6.09 Å². The van der Waals surface area contributed by atoms with Gasteiger partial charge in [-0.1, -0.05) is 32.0 Å². The molecule has 0 spiro atoms. The fourth-order valence-electron chi connectivity index (χ4n) is 2.12. The van der Waals surface area contributed by atoms with Gasteiger partial charge in [-0.05, 0) is 30.5 Å². The van der Waals surface area contributed by atoms with Gasteiger partial charge in [-0.2, -0.15) is 0 Å². The summed E-state index contributed by atoms with van der Waals surface area (Å²) >= 11 is 0. The fraction of sp³-hybridized carbons (Fsp3) is 0.500. The number of carbonyl (C=O) groups excluding carboxylic acids is 1. The summed E-state index contributed by atoms with van der Waals surface area (Å²) in [4.78, 5) is 11.8. The van der Waals surface area contributed by atoms with Gasteiger partial charge in [-0.25, -0.2) is 4.79 Å². The van der Waals surface area contributed by atoms with Crippen molar-refractivity contribution in [1.29, 1.82) is 0 Å². The van der Waals surface area contributed by atoms with Gasteiger partial charge in [0.1, 0.15) is 5.75 Å². The van der Waals surface area contributed by atoms with Crippen molar-refractivity contribution in [2.24, 2.45) is 0 Å². The largest absolute Gasteiger partial charge is 0.412 e. The first kappa shape index (κ1) is 12.9. The molecule has 1 aliphatic rings. The summed E-state index contributed by atoms with van der Waals surface area (Å²) in [6, 6.07) is 7.85. The molecule has 1 aromatic rings. The van der Waals surface area contributed by atoms with Crippen LogP contribution in [-0.2, 0) is 0 Å². The van der Waals surface area contributed by atoms with Crippen LogP contribution in [0.5, 0.6) is 5.75 Å². The van der Waals surface area contributed by atoms with Gasteiger partial charge in [-0.15, -0.1) is 0 Å². The minimum atomic E-state index is -0.364. The minimum Gasteiger partial charge on any atom is -0.410 e. The van der Waals surface area contributed by atoms with Crippen molar-refractivity contribution in [3.63, 3.8) is 0 Å². The van der Waals surface area contributed by atoms with Gasteiger partial charge < -0.3 is 15.4 Å². The molecule has 4 nitrogen and oxygen atoms in total. The van der Waals surface area contributed by atoms with Crippen LogP contribution in [0.4, 0.5) is 4.79 Å². The highest BCUT2D eigenvalue weighted by Crippen LogP contribution is 2.25. The molecular formula is C14H20N2O2. The number of hydrogen-bond acceptors (Lipinski definition) is 3. The summed E-state index contributed by atoms with van der Waals surface area (Å²) in [5.41, 5.74) is 1.05. The van der Waals surface area contributed by atoms with Crippen LogP contribution in [-0.4, -0.2) is 25.2 Å². The van der Waals surface area contributed by atoms with Gasteiger partial charge >= 0.3 is 6.09 Å². The number of para-hydroxylation sites is 1. The maximum atomic E-state index is 11.8. The molecule has 1 atom stereocenters. The Hall–Kier alpha value is -1.55. The first-order chi connectivity index (χ1) is 8.66. The molecule has 1 heterocycles. The lowest BCUT2D eigenvalue weighted by atomic mass is 10.0. The van der Waals surface area contributed by atoms with Crippen LogP contribution in [0.15, 0.2) is 24.3 Å². The van der Waals surface area contributed by atoms with E-state index in [2.05, 4.69) is 24.5 Å². The van der Waals surface area contributed by atoms with E-state index in [0.29, 0.717) is 11.7 Å². The molecular weight excluding hydrogens is 228 g/mol. The molecule has 0 bridgehead atoms. The molecule has 0 radical (unpaired) electrons. The summed E-state index contributed by atoms with van der Waals surface area (Å²) in [6.45, 7) is 5.94. The summed E-state index contributed by atoms with van der Waals surface area (Å²) in [7, 11) is 0. The Morgan fingerprint density at radius 2 is 2.22 bits per heavy atom. The average molecular weight is 248 g/mol. The van der Waals surface area contributed by atoms with Crippen LogP contribution < -0.4 is 15.4 Å². The summed E-state index contributed by atoms with van der Waals surface area (Å²) in [5, 5.41) is 6.07. The Morgan fingerprint density at radius 3 is 2.89 bits per heavy atom. The Morgan fingerprint density at radius 1 is 1.44 bits per heavy atom. The van der Waals surface area contributed by atoms with Crippen molar-refractivity contribution in [3.8, 4) is 5.75 Å². The second kappa shape index (κ2) is 5.87. The molecule has 1 fully saturated rings. The van der Waals surface area contributed by atoms with E-state index in [1.165, 1.54) is 0 Å². The maximum Gasteiger partial charge on any atom is 0.412 e. The number of benzene rings is 1. The van der Waals surface area contributed by atoms with Crippen LogP contribution in [0.2, 0.25) is 0 Å². The normalized spacial score (nSPS) is 18.9. The third kappa shape index (κ3) is 3.23. The standard InChI is InChI=1S/C14H20N2O2/c1-10(2)12-5-3-4-6-13(12)18-14(17)16-11-7-8-15-9-11/h3-6,10-11,15H,7-9H2,1-2H3,(H,16,17). The molecule has 0 aliphatic carbocycles. The van der Waals surface area contributed by atoms with Gasteiger partial charge in [0.15, 0.2) is 0 Å². The van der Waals surface area contributed by atoms with E-state index >= 15 is 0 Å². The van der Waals surface area contributed by atoms with Gasteiger partial charge in [0.25, 0.3) is 0 Å². The molecule has 18 heavy (non-hydrogen) atoms. The number of nitrogens with one attached hydrogen (secondary N) is 2. The van der Waals surface area contributed by atoms with E-state index in [1.807, 2.05) is 24.3 Å². The highest BCUT2D eigenvalue weighted by Gasteiger charge is 2.18. The third-order valence-corrected chi connectivity index (χ3v) is 3.13. The lowest BCUT2D eigenvalue weighted by Crippen LogP contribution is -2.38. The van der Waals surface area contributed by atoms with Gasteiger partial charge in [-0.3, -0.25) is 0 Å². The number of ether oxygens (including phenoxy) is 1. The Bertz CT molecular complexity index is 412. The van der Waals surface area contributed by atoms with Crippen LogP contribution >= 0.6 is 0 Å². The molecule has 1 amide bonds. The Balaban J connectivity index is 1.97. The highest BCUT2D eigenvalue weighted by molar-refractivity contribution is 5.71. The van der Waals surface area contributed by atoms with Gasteiger partial charge in [0.05, 0.1) is 0 Å². The van der Waals surface area contributed by atoms with E-state index < -0.39 is 0 Å². The molecule has 1 saturated heterocycles. The van der Waals surface area contributed by atoms with Crippen molar-refractivity contribution < 1.29 is 9.53 Å². The second-order valence-corrected chi connectivity index (χ2v) is 4.92. The third-order valence-electron chi connectivity index (χ3n) is 3.13. The van der Waals surface area contributed by atoms with Crippen molar-refractivity contribution in [2.45, 2.75) is 32.2 Å². The van der Waals surface area contributed by atoms with Crippen LogP contribution in [0.1, 0.15) is 31.7 Å². The van der Waals surface area contributed by atoms with E-state index in [-0.39, 0.29) is 12.1 Å². The van der Waals surface area contributed by atoms with Crippen LogP contribution in [0.3, 0.4) is 0 Å². The molecule has 4 heteroatoms. The number of rotatable bonds is 3. The Kier molecular flexibility index (Phi) is 4.20. The maximum absolute atomic E-state index is 11.8. The monoisotopic (exact) mass is 248 g/mol. The number of amides is 1. The minimum absolute atomic E-state index is 0.184. The van der Waals surface area contributed by atoms with Crippen LogP contribution in [0.25, 0.3) is 0 Å². The summed E-state index contributed by atoms with van der Waals surface area (Å²) in [6.07, 6.45) is 0.595. The van der Waals surface area contributed by atoms with E-state index in [4.69, 9.17) is 4.74 Å². The van der Waals surface area contributed by atoms with Crippen LogP contribution in [0, 0.1) is 0 Å². The summed E-state index contributed by atoms with van der Waals surface area (Å²) in [5.74, 6) is 0.984. The number of carbonyl (C=O) groups is 1. The molecule has 98 valence electrons. The molecule has 0 aromatic heterocycles. The van der Waals surface area contributed by atoms with Gasteiger partial charge in [0.2, 0.25) is 0 Å². The van der Waals surface area contributed by atoms with Crippen molar-refractivity contribution in [3.05, 3.63) is 29.8 Å². The van der Waals surface area contributed by atoms with E-state index in [9.17, 15) is 4.79 Å². The zero-order valence-corrected chi connectivity index (χ0v) is 10.9. The number of hydrogen-bond donors (Lipinski definition) is 2. The lowest BCUT2D eigenvalue weighted by molar-refractivity contribution is 0.196. The van der Waals surface area contributed by atoms with E-state index in [1.54, 1.807) is 0 Å². The zero-order valence-electron chi connectivity index (χ0n) is 10.9. The fourth-order valence-corrected chi connectivity index (χ4v) is 2.12. The summed E-state index contributed by atoms with van der Waals surface area (Å²) < 4.78 is 5.39. The SMILES string of the molecule is CC(C)c1ccccc1OC(=O)NC1CCNC1. The molecule has 1 unspecified atom stereocenters. The second-order valence-electron chi connectivity index (χ2n) is 4.92. The molecule has 2 rings (SSSR count). The highest BCUT2D eigenvalue weighted by atomic mass is 16.6. The topological polar surface area (TPSA) is 50.4 Å². The lowest BCUT2D eigenvalue weighted by Gasteiger charge is -2.15. The smallest absolute Gasteiger partial charge is 0.410 e. The molecule has 1 aliphatic heterocycles. The molecule has 1 aromatic carbocycles. The molecule has 0 saturated carbocycles. The zero-order chi connectivity index (χ0) is 13.0. The molecule has 2 N–H and O–H groups in total. The van der Waals surface area contributed by atoms with E-state index in [0.717, 1.165) is 25.1 Å². The van der Waals surface area contributed by atoms with Crippen molar-refractivity contribution in [2.75, 3.05) is 13.1 Å². The quantitative estimate of drug-likeness (QED) is 0.862. The first-order valence-corrected chi connectivity index (χ1v) is 6.45. The average Bonchev–Trinajstić information content (AvgIpc) is 2.82. The van der Waals surface area contributed by atoms with Crippen molar-refractivity contribution in [1.82, 2.24) is 10.6 Å². The predicted octanol–water partition coefficient (Wildman–Crippen LogP) is 2.26. The first-order valence-electron chi connectivity index (χ1n) is 6.45. The Labute approximate surface area is 108 Å². The van der Waals surface area contributed by atoms with Gasteiger partial charge in [0, 0.05) is 12.6 Å². The predicted molar refractivity (Wildman–Crippen MR) is 71.0 cm³/mol.